The normalized spacial score (nSPS) is 12.9. The van der Waals surface area contributed by atoms with Crippen LogP contribution in [-0.4, -0.2) is 29.4 Å². The average Bonchev–Trinajstić information content (AvgIpc) is 3.24. The van der Waals surface area contributed by atoms with E-state index in [1.807, 2.05) is 12.1 Å². The van der Waals surface area contributed by atoms with Gasteiger partial charge < -0.3 is 9.47 Å². The van der Waals surface area contributed by atoms with Crippen LogP contribution in [0.25, 0.3) is 0 Å². The maximum absolute atomic E-state index is 13.0. The monoisotopic (exact) mass is 401 g/mol. The molecule has 1 aliphatic heterocycles. The number of ether oxygens (including phenoxy) is 2. The summed E-state index contributed by atoms with van der Waals surface area (Å²) in [5.74, 6) is 0.375. The third-order valence-electron chi connectivity index (χ3n) is 4.37. The van der Waals surface area contributed by atoms with Crippen LogP contribution in [-0.2, 0) is 0 Å². The molecule has 0 radical (unpaired) electrons. The fourth-order valence-electron chi connectivity index (χ4n) is 2.91. The topological polar surface area (TPSA) is 103 Å². The van der Waals surface area contributed by atoms with Crippen molar-refractivity contribution in [2.45, 2.75) is 0 Å². The van der Waals surface area contributed by atoms with E-state index in [0.717, 1.165) is 0 Å². The highest BCUT2D eigenvalue weighted by Gasteiger charge is 2.22. The number of nitro groups is 1. The molecule has 0 unspecified atom stereocenters. The molecule has 3 aromatic rings. The third kappa shape index (κ3) is 3.93. The van der Waals surface area contributed by atoms with Crippen molar-refractivity contribution in [2.24, 2.45) is 10.2 Å². The van der Waals surface area contributed by atoms with Gasteiger partial charge in [0.1, 0.15) is 5.71 Å². The summed E-state index contributed by atoms with van der Waals surface area (Å²) < 4.78 is 10.5. The Kier molecular flexibility index (Phi) is 5.29. The lowest BCUT2D eigenvalue weighted by molar-refractivity contribution is -0.385. The van der Waals surface area contributed by atoms with Crippen LogP contribution < -0.4 is 9.47 Å². The zero-order chi connectivity index (χ0) is 20.9. The molecule has 30 heavy (non-hydrogen) atoms. The summed E-state index contributed by atoms with van der Waals surface area (Å²) in [6, 6.07) is 20.3. The Labute approximate surface area is 171 Å². The molecule has 0 fully saturated rings. The van der Waals surface area contributed by atoms with E-state index < -0.39 is 4.92 Å². The standard InChI is InChI=1S/C22H15N3O5/c26-22(16-9-5-2-6-10-16)21(15-7-3-1-4-8-15)24-23-13-17-11-19-20(30-14-29-19)12-18(17)25(27)28/h1-13H,14H2/b23-13-,24-21+. The first kappa shape index (κ1) is 19.0. The lowest BCUT2D eigenvalue weighted by Gasteiger charge is -2.04. The molecule has 0 bridgehead atoms. The number of nitro benzene ring substituents is 1. The molecule has 148 valence electrons. The van der Waals surface area contributed by atoms with Gasteiger partial charge in [-0.15, -0.1) is 5.10 Å². The second kappa shape index (κ2) is 8.36. The first-order valence-corrected chi connectivity index (χ1v) is 8.98. The summed E-state index contributed by atoms with van der Waals surface area (Å²) in [5.41, 5.74) is 1.16. The van der Waals surface area contributed by atoms with Gasteiger partial charge >= 0.3 is 0 Å². The number of Topliss-reactive ketones (excluding diaryl/α,β-unsaturated/α-hetero) is 1. The minimum atomic E-state index is -0.541. The Bertz CT molecular complexity index is 1160. The first-order chi connectivity index (χ1) is 14.6. The second-order valence-electron chi connectivity index (χ2n) is 6.28. The third-order valence-corrected chi connectivity index (χ3v) is 4.37. The van der Waals surface area contributed by atoms with E-state index in [4.69, 9.17) is 9.47 Å². The number of benzene rings is 3. The minimum absolute atomic E-state index is 0.00499. The van der Waals surface area contributed by atoms with Crippen molar-refractivity contribution >= 4 is 23.4 Å². The number of ketones is 1. The number of carbonyl (C=O) groups is 1. The highest BCUT2D eigenvalue weighted by atomic mass is 16.7. The smallest absolute Gasteiger partial charge is 0.282 e. The second-order valence-corrected chi connectivity index (χ2v) is 6.28. The highest BCUT2D eigenvalue weighted by molar-refractivity contribution is 6.51. The number of fused-ring (bicyclic) bond motifs is 1. The molecule has 8 nitrogen and oxygen atoms in total. The summed E-state index contributed by atoms with van der Waals surface area (Å²) in [6.45, 7) is -0.00499. The maximum Gasteiger partial charge on any atom is 0.282 e. The molecule has 1 heterocycles. The van der Waals surface area contributed by atoms with E-state index in [-0.39, 0.29) is 29.5 Å². The van der Waals surface area contributed by atoms with Crippen molar-refractivity contribution in [1.82, 2.24) is 0 Å². The molecular formula is C22H15N3O5. The molecule has 8 heteroatoms. The molecule has 0 saturated heterocycles. The molecule has 1 aliphatic rings. The van der Waals surface area contributed by atoms with E-state index in [9.17, 15) is 14.9 Å². The van der Waals surface area contributed by atoms with Crippen molar-refractivity contribution in [1.29, 1.82) is 0 Å². The van der Waals surface area contributed by atoms with Crippen LogP contribution in [0, 0.1) is 10.1 Å². The summed E-state index contributed by atoms with van der Waals surface area (Å²) in [6.07, 6.45) is 1.22. The number of hydrogen-bond donors (Lipinski definition) is 0. The Morgan fingerprint density at radius 2 is 1.53 bits per heavy atom. The number of rotatable bonds is 6. The molecule has 0 amide bonds. The van der Waals surface area contributed by atoms with Gasteiger partial charge in [-0.3, -0.25) is 14.9 Å². The predicted octanol–water partition coefficient (Wildman–Crippen LogP) is 4.03. The van der Waals surface area contributed by atoms with Crippen LogP contribution >= 0.6 is 0 Å². The van der Waals surface area contributed by atoms with Gasteiger partial charge in [-0.1, -0.05) is 60.7 Å². The highest BCUT2D eigenvalue weighted by Crippen LogP contribution is 2.37. The van der Waals surface area contributed by atoms with Crippen LogP contribution in [0.3, 0.4) is 0 Å². The first-order valence-electron chi connectivity index (χ1n) is 8.98. The van der Waals surface area contributed by atoms with Gasteiger partial charge in [-0.2, -0.15) is 5.10 Å². The van der Waals surface area contributed by atoms with Crippen LogP contribution in [0.15, 0.2) is 83.0 Å². The molecule has 0 saturated carbocycles. The quantitative estimate of drug-likeness (QED) is 0.268. The van der Waals surface area contributed by atoms with Gasteiger partial charge in [0, 0.05) is 11.1 Å². The van der Waals surface area contributed by atoms with Gasteiger partial charge in [0.15, 0.2) is 11.5 Å². The van der Waals surface area contributed by atoms with E-state index in [1.54, 1.807) is 48.5 Å². The lowest BCUT2D eigenvalue weighted by Crippen LogP contribution is -2.15. The molecule has 0 atom stereocenters. The summed E-state index contributed by atoms with van der Waals surface area (Å²) >= 11 is 0. The number of nitrogens with zero attached hydrogens (tertiary/aromatic N) is 3. The molecule has 4 rings (SSSR count). The van der Waals surface area contributed by atoms with Crippen LogP contribution in [0.5, 0.6) is 11.5 Å². The largest absolute Gasteiger partial charge is 0.454 e. The molecule has 3 aromatic carbocycles. The minimum Gasteiger partial charge on any atom is -0.454 e. The Morgan fingerprint density at radius 1 is 0.933 bits per heavy atom. The van der Waals surface area contributed by atoms with E-state index in [1.165, 1.54) is 18.3 Å². The Morgan fingerprint density at radius 3 is 2.17 bits per heavy atom. The SMILES string of the molecule is O=C(/C(=N/N=C\c1cc2c(cc1[N+](=O)[O-])OCO2)c1ccccc1)c1ccccc1. The van der Waals surface area contributed by atoms with Gasteiger partial charge in [0.25, 0.3) is 5.69 Å². The zero-order valence-corrected chi connectivity index (χ0v) is 15.6. The van der Waals surface area contributed by atoms with Crippen LogP contribution in [0.1, 0.15) is 21.5 Å². The number of carbonyl (C=O) groups excluding carboxylic acids is 1. The molecular weight excluding hydrogens is 386 g/mol. The van der Waals surface area contributed by atoms with Gasteiger partial charge in [0.05, 0.1) is 22.8 Å². The van der Waals surface area contributed by atoms with Gasteiger partial charge in [0.2, 0.25) is 12.6 Å². The molecule has 0 spiro atoms. The van der Waals surface area contributed by atoms with Crippen molar-refractivity contribution in [3.63, 3.8) is 0 Å². The summed E-state index contributed by atoms with van der Waals surface area (Å²) in [4.78, 5) is 23.8. The maximum atomic E-state index is 13.0. The Balaban J connectivity index is 1.72. The summed E-state index contributed by atoms with van der Waals surface area (Å²) in [7, 11) is 0. The average molecular weight is 401 g/mol. The molecule has 0 aromatic heterocycles. The molecule has 0 aliphatic carbocycles. The van der Waals surface area contributed by atoms with Gasteiger partial charge in [-0.25, -0.2) is 0 Å². The van der Waals surface area contributed by atoms with Crippen LogP contribution in [0.4, 0.5) is 5.69 Å². The fraction of sp³-hybridized carbons (Fsp3) is 0.0455. The fourth-order valence-corrected chi connectivity index (χ4v) is 2.91. The lowest BCUT2D eigenvalue weighted by atomic mass is 10.0. The predicted molar refractivity (Wildman–Crippen MR) is 111 cm³/mol. The Hall–Kier alpha value is -4.33. The van der Waals surface area contributed by atoms with Crippen molar-refractivity contribution < 1.29 is 19.2 Å². The summed E-state index contributed by atoms with van der Waals surface area (Å²) in [5, 5.41) is 19.5. The van der Waals surface area contributed by atoms with Crippen molar-refractivity contribution in [3.05, 3.63) is 99.6 Å². The van der Waals surface area contributed by atoms with Crippen molar-refractivity contribution in [2.75, 3.05) is 6.79 Å². The number of hydrogen-bond acceptors (Lipinski definition) is 7. The zero-order valence-electron chi connectivity index (χ0n) is 15.6. The van der Waals surface area contributed by atoms with E-state index in [0.29, 0.717) is 22.6 Å². The van der Waals surface area contributed by atoms with E-state index >= 15 is 0 Å². The van der Waals surface area contributed by atoms with E-state index in [2.05, 4.69) is 10.2 Å². The van der Waals surface area contributed by atoms with Gasteiger partial charge in [-0.05, 0) is 6.07 Å². The molecule has 0 N–H and O–H groups in total. The van der Waals surface area contributed by atoms with Crippen molar-refractivity contribution in [3.8, 4) is 11.5 Å². The van der Waals surface area contributed by atoms with Crippen LogP contribution in [0.2, 0.25) is 0 Å².